The summed E-state index contributed by atoms with van der Waals surface area (Å²) in [6, 6.07) is 10.3. The van der Waals surface area contributed by atoms with E-state index in [1.54, 1.807) is 6.92 Å². The summed E-state index contributed by atoms with van der Waals surface area (Å²) in [6.45, 7) is 3.76. The van der Waals surface area contributed by atoms with Crippen molar-refractivity contribution in [2.45, 2.75) is 51.5 Å². The van der Waals surface area contributed by atoms with Gasteiger partial charge in [0.05, 0.1) is 0 Å². The fraction of sp³-hybridized carbons (Fsp3) is 0.562. The molecule has 0 spiro atoms. The SMILES string of the molecule is CCCC(CCO)(CCc1ccccc1)NC(C)=O. The molecule has 0 aromatic heterocycles. The van der Waals surface area contributed by atoms with E-state index in [1.807, 2.05) is 18.2 Å². The number of hydrogen-bond donors (Lipinski definition) is 2. The lowest BCUT2D eigenvalue weighted by Crippen LogP contribution is -2.48. The zero-order valence-electron chi connectivity index (χ0n) is 12.0. The van der Waals surface area contributed by atoms with Gasteiger partial charge in [0, 0.05) is 19.1 Å². The van der Waals surface area contributed by atoms with Gasteiger partial charge in [0.25, 0.3) is 0 Å². The fourth-order valence-electron chi connectivity index (χ4n) is 2.66. The Kier molecular flexibility index (Phi) is 6.57. The molecular weight excluding hydrogens is 238 g/mol. The minimum Gasteiger partial charge on any atom is -0.396 e. The summed E-state index contributed by atoms with van der Waals surface area (Å²) < 4.78 is 0. The van der Waals surface area contributed by atoms with Crippen molar-refractivity contribution in [2.24, 2.45) is 0 Å². The molecule has 0 heterocycles. The van der Waals surface area contributed by atoms with Gasteiger partial charge in [-0.15, -0.1) is 0 Å². The summed E-state index contributed by atoms with van der Waals surface area (Å²) in [5.41, 5.74) is 0.997. The summed E-state index contributed by atoms with van der Waals surface area (Å²) in [4.78, 5) is 11.4. The predicted octanol–water partition coefficient (Wildman–Crippen LogP) is 2.68. The van der Waals surface area contributed by atoms with E-state index < -0.39 is 0 Å². The number of aryl methyl sites for hydroxylation is 1. The van der Waals surface area contributed by atoms with E-state index in [4.69, 9.17) is 0 Å². The molecule has 1 rings (SSSR count). The van der Waals surface area contributed by atoms with Crippen molar-refractivity contribution in [1.29, 1.82) is 0 Å². The molecular formula is C16H25NO2. The third-order valence-corrected chi connectivity index (χ3v) is 3.50. The highest BCUT2D eigenvalue weighted by atomic mass is 16.3. The van der Waals surface area contributed by atoms with Crippen LogP contribution in [0, 0.1) is 0 Å². The van der Waals surface area contributed by atoms with Crippen LogP contribution in [0.4, 0.5) is 0 Å². The zero-order chi connectivity index (χ0) is 14.1. The van der Waals surface area contributed by atoms with E-state index in [-0.39, 0.29) is 18.1 Å². The van der Waals surface area contributed by atoms with Gasteiger partial charge in [-0.25, -0.2) is 0 Å². The maximum Gasteiger partial charge on any atom is 0.217 e. The monoisotopic (exact) mass is 263 g/mol. The Balaban J connectivity index is 2.73. The summed E-state index contributed by atoms with van der Waals surface area (Å²) in [5.74, 6) is -0.0186. The highest BCUT2D eigenvalue weighted by molar-refractivity contribution is 5.73. The molecule has 1 atom stereocenters. The number of aliphatic hydroxyl groups excluding tert-OH is 1. The number of carbonyl (C=O) groups is 1. The van der Waals surface area contributed by atoms with Crippen molar-refractivity contribution >= 4 is 5.91 Å². The third-order valence-electron chi connectivity index (χ3n) is 3.50. The van der Waals surface area contributed by atoms with Gasteiger partial charge in [-0.3, -0.25) is 4.79 Å². The lowest BCUT2D eigenvalue weighted by atomic mass is 9.84. The van der Waals surface area contributed by atoms with Crippen molar-refractivity contribution < 1.29 is 9.90 Å². The molecule has 1 amide bonds. The molecule has 0 saturated heterocycles. The van der Waals surface area contributed by atoms with Crippen LogP contribution in [0.15, 0.2) is 30.3 Å². The van der Waals surface area contributed by atoms with Crippen LogP contribution in [0.3, 0.4) is 0 Å². The summed E-state index contributed by atoms with van der Waals surface area (Å²) >= 11 is 0. The molecule has 2 N–H and O–H groups in total. The van der Waals surface area contributed by atoms with Gasteiger partial charge in [-0.05, 0) is 31.2 Å². The number of hydrogen-bond acceptors (Lipinski definition) is 2. The predicted molar refractivity (Wildman–Crippen MR) is 77.9 cm³/mol. The fourth-order valence-corrected chi connectivity index (χ4v) is 2.66. The van der Waals surface area contributed by atoms with E-state index in [9.17, 15) is 9.90 Å². The Morgan fingerprint density at radius 2 is 1.89 bits per heavy atom. The molecule has 3 nitrogen and oxygen atoms in total. The van der Waals surface area contributed by atoms with Crippen LogP contribution in [0.1, 0.15) is 45.1 Å². The Hall–Kier alpha value is -1.35. The van der Waals surface area contributed by atoms with Crippen LogP contribution in [-0.4, -0.2) is 23.2 Å². The molecule has 1 aromatic rings. The van der Waals surface area contributed by atoms with Crippen LogP contribution >= 0.6 is 0 Å². The first-order valence-electron chi connectivity index (χ1n) is 7.05. The molecule has 19 heavy (non-hydrogen) atoms. The molecule has 106 valence electrons. The number of carbonyl (C=O) groups excluding carboxylic acids is 1. The second kappa shape index (κ2) is 7.95. The van der Waals surface area contributed by atoms with Gasteiger partial charge in [0.2, 0.25) is 5.91 Å². The highest BCUT2D eigenvalue weighted by Gasteiger charge is 2.29. The molecule has 0 aliphatic rings. The third kappa shape index (κ3) is 5.43. The van der Waals surface area contributed by atoms with E-state index in [0.29, 0.717) is 6.42 Å². The molecule has 1 aromatic carbocycles. The van der Waals surface area contributed by atoms with Crippen LogP contribution in [0.2, 0.25) is 0 Å². The number of aliphatic hydroxyl groups is 1. The average molecular weight is 263 g/mol. The van der Waals surface area contributed by atoms with Crippen LogP contribution in [-0.2, 0) is 11.2 Å². The van der Waals surface area contributed by atoms with Gasteiger partial charge in [-0.2, -0.15) is 0 Å². The van der Waals surface area contributed by atoms with Crippen molar-refractivity contribution in [3.8, 4) is 0 Å². The maximum atomic E-state index is 11.4. The lowest BCUT2D eigenvalue weighted by Gasteiger charge is -2.34. The molecule has 0 bridgehead atoms. The summed E-state index contributed by atoms with van der Waals surface area (Å²) in [5, 5.41) is 12.4. The number of nitrogens with one attached hydrogen (secondary N) is 1. The number of benzene rings is 1. The highest BCUT2D eigenvalue weighted by Crippen LogP contribution is 2.24. The Morgan fingerprint density at radius 1 is 1.21 bits per heavy atom. The van der Waals surface area contributed by atoms with Crippen molar-refractivity contribution in [3.05, 3.63) is 35.9 Å². The first-order valence-corrected chi connectivity index (χ1v) is 7.05. The summed E-state index contributed by atoms with van der Waals surface area (Å²) in [6.07, 6.45) is 4.30. The quantitative estimate of drug-likeness (QED) is 0.757. The first-order chi connectivity index (χ1) is 9.12. The Bertz CT molecular complexity index is 370. The molecule has 3 heteroatoms. The van der Waals surface area contributed by atoms with Gasteiger partial charge in [0.1, 0.15) is 0 Å². The van der Waals surface area contributed by atoms with E-state index in [1.165, 1.54) is 5.56 Å². The Labute approximate surface area is 116 Å². The minimum absolute atomic E-state index is 0.0186. The standard InChI is InChI=1S/C16H25NO2/c1-3-10-16(12-13-18,17-14(2)19)11-9-15-7-5-4-6-8-15/h4-8,18H,3,9-13H2,1-2H3,(H,17,19). The maximum absolute atomic E-state index is 11.4. The van der Waals surface area contributed by atoms with Gasteiger partial charge >= 0.3 is 0 Å². The van der Waals surface area contributed by atoms with Gasteiger partial charge in [-0.1, -0.05) is 43.7 Å². The molecule has 0 aliphatic carbocycles. The summed E-state index contributed by atoms with van der Waals surface area (Å²) in [7, 11) is 0. The first kappa shape index (κ1) is 15.7. The van der Waals surface area contributed by atoms with Crippen LogP contribution < -0.4 is 5.32 Å². The van der Waals surface area contributed by atoms with Gasteiger partial charge < -0.3 is 10.4 Å². The molecule has 0 fully saturated rings. The minimum atomic E-state index is -0.273. The molecule has 0 radical (unpaired) electrons. The topological polar surface area (TPSA) is 49.3 Å². The zero-order valence-corrected chi connectivity index (χ0v) is 12.0. The average Bonchev–Trinajstić information content (AvgIpc) is 2.37. The van der Waals surface area contributed by atoms with E-state index >= 15 is 0 Å². The Morgan fingerprint density at radius 3 is 2.42 bits per heavy atom. The number of rotatable bonds is 8. The molecule has 1 unspecified atom stereocenters. The van der Waals surface area contributed by atoms with Crippen molar-refractivity contribution in [3.63, 3.8) is 0 Å². The largest absolute Gasteiger partial charge is 0.396 e. The smallest absolute Gasteiger partial charge is 0.217 e. The van der Waals surface area contributed by atoms with Crippen LogP contribution in [0.5, 0.6) is 0 Å². The lowest BCUT2D eigenvalue weighted by molar-refractivity contribution is -0.121. The normalized spacial score (nSPS) is 13.8. The van der Waals surface area contributed by atoms with Gasteiger partial charge in [0.15, 0.2) is 0 Å². The second-order valence-corrected chi connectivity index (χ2v) is 5.17. The van der Waals surface area contributed by atoms with Crippen molar-refractivity contribution in [1.82, 2.24) is 5.32 Å². The van der Waals surface area contributed by atoms with E-state index in [2.05, 4.69) is 24.4 Å². The number of amides is 1. The van der Waals surface area contributed by atoms with Crippen molar-refractivity contribution in [2.75, 3.05) is 6.61 Å². The van der Waals surface area contributed by atoms with E-state index in [0.717, 1.165) is 25.7 Å². The molecule has 0 saturated carbocycles. The molecule has 0 aliphatic heterocycles. The van der Waals surface area contributed by atoms with Crippen LogP contribution in [0.25, 0.3) is 0 Å². The second-order valence-electron chi connectivity index (χ2n) is 5.17.